The van der Waals surface area contributed by atoms with Crippen LogP contribution in [-0.2, 0) is 18.4 Å². The minimum atomic E-state index is -0.457. The molecule has 4 nitrogen and oxygen atoms in total. The van der Waals surface area contributed by atoms with Gasteiger partial charge in [0.15, 0.2) is 5.82 Å². The third kappa shape index (κ3) is 3.45. The van der Waals surface area contributed by atoms with Crippen LogP contribution >= 0.6 is 0 Å². The summed E-state index contributed by atoms with van der Waals surface area (Å²) < 4.78 is 5.31. The molecule has 20 heavy (non-hydrogen) atoms. The number of hydrogen-bond donors (Lipinski definition) is 1. The van der Waals surface area contributed by atoms with Crippen LogP contribution in [0.4, 0.5) is 0 Å². The molecule has 0 atom stereocenters. The molecule has 0 radical (unpaired) electrons. The van der Waals surface area contributed by atoms with Crippen molar-refractivity contribution in [3.8, 4) is 0 Å². The van der Waals surface area contributed by atoms with Gasteiger partial charge >= 0.3 is 0 Å². The Kier molecular flexibility index (Phi) is 4.90. The highest BCUT2D eigenvalue weighted by atomic mass is 16.5. The second-order valence-electron chi connectivity index (χ2n) is 5.21. The summed E-state index contributed by atoms with van der Waals surface area (Å²) in [5.74, 6) is 1.32. The van der Waals surface area contributed by atoms with Gasteiger partial charge in [0.2, 0.25) is 5.89 Å². The van der Waals surface area contributed by atoms with Gasteiger partial charge < -0.3 is 10.3 Å². The predicted molar refractivity (Wildman–Crippen MR) is 79.2 cm³/mol. The molecule has 0 aliphatic heterocycles. The average Bonchev–Trinajstić information content (AvgIpc) is 2.97. The number of benzene rings is 1. The maximum absolute atomic E-state index is 6.27. The molecule has 0 fully saturated rings. The summed E-state index contributed by atoms with van der Waals surface area (Å²) in [4.78, 5) is 4.45. The van der Waals surface area contributed by atoms with E-state index in [4.69, 9.17) is 10.3 Å². The van der Waals surface area contributed by atoms with E-state index in [1.54, 1.807) is 0 Å². The largest absolute Gasteiger partial charge is 0.339 e. The van der Waals surface area contributed by atoms with Gasteiger partial charge in [0.05, 0.1) is 5.54 Å². The molecule has 0 bridgehead atoms. The number of aromatic nitrogens is 2. The van der Waals surface area contributed by atoms with Gasteiger partial charge in [0.1, 0.15) is 0 Å². The molecule has 0 saturated carbocycles. The van der Waals surface area contributed by atoms with Gasteiger partial charge in [-0.1, -0.05) is 49.3 Å². The highest BCUT2D eigenvalue weighted by Gasteiger charge is 2.28. The fourth-order valence-corrected chi connectivity index (χ4v) is 2.21. The van der Waals surface area contributed by atoms with Crippen molar-refractivity contribution >= 4 is 0 Å². The quantitative estimate of drug-likeness (QED) is 0.841. The Morgan fingerprint density at radius 1 is 1.10 bits per heavy atom. The molecule has 0 aliphatic rings. The lowest BCUT2D eigenvalue weighted by Crippen LogP contribution is -2.36. The summed E-state index contributed by atoms with van der Waals surface area (Å²) in [5, 5.41) is 4.04. The normalized spacial score (nSPS) is 11.8. The van der Waals surface area contributed by atoms with Crippen molar-refractivity contribution in [2.24, 2.45) is 5.73 Å². The Morgan fingerprint density at radius 3 is 2.45 bits per heavy atom. The molecule has 1 aromatic heterocycles. The molecule has 108 valence electrons. The molecular formula is C16H23N3O. The lowest BCUT2D eigenvalue weighted by molar-refractivity contribution is 0.334. The minimum absolute atomic E-state index is 0.457. The van der Waals surface area contributed by atoms with Gasteiger partial charge in [-0.05, 0) is 31.2 Å². The second-order valence-corrected chi connectivity index (χ2v) is 5.21. The molecule has 4 heteroatoms. The zero-order valence-electron chi connectivity index (χ0n) is 12.3. The summed E-state index contributed by atoms with van der Waals surface area (Å²) in [6, 6.07) is 10.4. The van der Waals surface area contributed by atoms with Crippen LogP contribution in [0.3, 0.4) is 0 Å². The molecular weight excluding hydrogens is 250 g/mol. The molecule has 0 saturated heterocycles. The van der Waals surface area contributed by atoms with Crippen molar-refractivity contribution in [3.05, 3.63) is 47.6 Å². The fraction of sp³-hybridized carbons (Fsp3) is 0.500. The summed E-state index contributed by atoms with van der Waals surface area (Å²) in [7, 11) is 0. The van der Waals surface area contributed by atoms with Crippen molar-refractivity contribution in [3.63, 3.8) is 0 Å². The van der Waals surface area contributed by atoms with Crippen LogP contribution in [0.2, 0.25) is 0 Å². The molecule has 1 heterocycles. The van der Waals surface area contributed by atoms with Crippen LogP contribution < -0.4 is 5.73 Å². The van der Waals surface area contributed by atoms with Gasteiger partial charge in [0.25, 0.3) is 0 Å². The summed E-state index contributed by atoms with van der Waals surface area (Å²) in [6.07, 6.45) is 4.44. The fourth-order valence-electron chi connectivity index (χ4n) is 2.21. The summed E-state index contributed by atoms with van der Waals surface area (Å²) in [6.45, 7) is 4.10. The third-order valence-electron chi connectivity index (χ3n) is 3.87. The summed E-state index contributed by atoms with van der Waals surface area (Å²) >= 11 is 0. The highest BCUT2D eigenvalue weighted by molar-refractivity contribution is 5.14. The molecule has 2 aromatic rings. The van der Waals surface area contributed by atoms with Crippen LogP contribution in [0.5, 0.6) is 0 Å². The first-order chi connectivity index (χ1) is 9.68. The van der Waals surface area contributed by atoms with E-state index in [1.807, 2.05) is 6.07 Å². The van der Waals surface area contributed by atoms with E-state index in [-0.39, 0.29) is 0 Å². The van der Waals surface area contributed by atoms with Gasteiger partial charge in [-0.2, -0.15) is 4.98 Å². The van der Waals surface area contributed by atoms with Gasteiger partial charge in [-0.3, -0.25) is 0 Å². The number of nitrogens with zero attached hydrogens (tertiary/aromatic N) is 2. The van der Waals surface area contributed by atoms with E-state index in [9.17, 15) is 0 Å². The molecule has 0 aliphatic carbocycles. The first-order valence-electron chi connectivity index (χ1n) is 7.34. The topological polar surface area (TPSA) is 64.9 Å². The van der Waals surface area contributed by atoms with E-state index in [1.165, 1.54) is 5.56 Å². The van der Waals surface area contributed by atoms with E-state index in [0.717, 1.165) is 32.1 Å². The monoisotopic (exact) mass is 273 g/mol. The van der Waals surface area contributed by atoms with E-state index < -0.39 is 5.54 Å². The Hall–Kier alpha value is -1.68. The Balaban J connectivity index is 1.90. The van der Waals surface area contributed by atoms with Crippen LogP contribution in [0.25, 0.3) is 0 Å². The average molecular weight is 273 g/mol. The Morgan fingerprint density at radius 2 is 1.80 bits per heavy atom. The van der Waals surface area contributed by atoms with Crippen molar-refractivity contribution in [1.29, 1.82) is 0 Å². The van der Waals surface area contributed by atoms with E-state index in [2.05, 4.69) is 48.3 Å². The number of rotatable bonds is 7. The molecule has 0 spiro atoms. The Labute approximate surface area is 120 Å². The maximum Gasteiger partial charge on any atom is 0.226 e. The third-order valence-corrected chi connectivity index (χ3v) is 3.87. The lowest BCUT2D eigenvalue weighted by Gasteiger charge is -2.21. The van der Waals surface area contributed by atoms with Crippen molar-refractivity contribution in [1.82, 2.24) is 10.1 Å². The molecule has 1 aromatic carbocycles. The summed E-state index contributed by atoms with van der Waals surface area (Å²) in [5.41, 5.74) is 7.14. The highest BCUT2D eigenvalue weighted by Crippen LogP contribution is 2.23. The van der Waals surface area contributed by atoms with Gasteiger partial charge in [-0.15, -0.1) is 0 Å². The maximum atomic E-state index is 6.27. The standard InChI is InChI=1S/C16H23N3O/c1-3-16(17,4-2)15-18-14(20-19-15)12-8-11-13-9-6-5-7-10-13/h5-7,9-10H,3-4,8,11-12,17H2,1-2H3. The Bertz CT molecular complexity index is 518. The van der Waals surface area contributed by atoms with E-state index >= 15 is 0 Å². The van der Waals surface area contributed by atoms with Crippen LogP contribution in [0.1, 0.15) is 50.4 Å². The van der Waals surface area contributed by atoms with Gasteiger partial charge in [-0.25, -0.2) is 0 Å². The number of nitrogens with two attached hydrogens (primary N) is 1. The van der Waals surface area contributed by atoms with Crippen molar-refractivity contribution in [2.75, 3.05) is 0 Å². The van der Waals surface area contributed by atoms with Crippen molar-refractivity contribution in [2.45, 2.75) is 51.5 Å². The minimum Gasteiger partial charge on any atom is -0.339 e. The number of aryl methyl sites for hydroxylation is 2. The number of hydrogen-bond acceptors (Lipinski definition) is 4. The zero-order valence-corrected chi connectivity index (χ0v) is 12.3. The van der Waals surface area contributed by atoms with Crippen LogP contribution in [0.15, 0.2) is 34.9 Å². The lowest BCUT2D eigenvalue weighted by atomic mass is 9.93. The first-order valence-corrected chi connectivity index (χ1v) is 7.34. The van der Waals surface area contributed by atoms with Crippen LogP contribution in [-0.4, -0.2) is 10.1 Å². The second kappa shape index (κ2) is 6.66. The molecule has 2 rings (SSSR count). The first kappa shape index (κ1) is 14.7. The molecule has 0 amide bonds. The van der Waals surface area contributed by atoms with Crippen molar-refractivity contribution < 1.29 is 4.52 Å². The SMILES string of the molecule is CCC(N)(CC)c1noc(CCCc2ccccc2)n1. The smallest absolute Gasteiger partial charge is 0.226 e. The molecule has 0 unspecified atom stereocenters. The van der Waals surface area contributed by atoms with E-state index in [0.29, 0.717) is 11.7 Å². The van der Waals surface area contributed by atoms with Crippen LogP contribution in [0, 0.1) is 0 Å². The van der Waals surface area contributed by atoms with Gasteiger partial charge in [0, 0.05) is 6.42 Å². The molecule has 2 N–H and O–H groups in total. The zero-order chi connectivity index (χ0) is 14.4. The predicted octanol–water partition coefficient (Wildman–Crippen LogP) is 3.22.